The van der Waals surface area contributed by atoms with Crippen LogP contribution in [0.5, 0.6) is 5.75 Å². The molecule has 0 saturated heterocycles. The van der Waals surface area contributed by atoms with E-state index in [2.05, 4.69) is 27.6 Å². The molecule has 4 rings (SSSR count). The van der Waals surface area contributed by atoms with Crippen molar-refractivity contribution in [2.75, 3.05) is 0 Å². The second-order valence-electron chi connectivity index (χ2n) is 6.83. The van der Waals surface area contributed by atoms with Crippen LogP contribution in [0.15, 0.2) is 108 Å². The van der Waals surface area contributed by atoms with Crippen molar-refractivity contribution in [2.45, 2.75) is 6.61 Å². The Balaban J connectivity index is 1.36. The second-order valence-corrected chi connectivity index (χ2v) is 6.83. The number of carbonyl (C=O) groups is 1. The number of pyridine rings is 1. The van der Waals surface area contributed by atoms with E-state index in [1.54, 1.807) is 42.9 Å². The predicted molar refractivity (Wildman–Crippen MR) is 122 cm³/mol. The second kappa shape index (κ2) is 9.98. The molecule has 0 aliphatic rings. The van der Waals surface area contributed by atoms with E-state index in [-0.39, 0.29) is 5.91 Å². The summed E-state index contributed by atoms with van der Waals surface area (Å²) >= 11 is 0. The first-order chi connectivity index (χ1) is 15.3. The van der Waals surface area contributed by atoms with Crippen LogP contribution in [-0.4, -0.2) is 17.1 Å². The lowest BCUT2D eigenvalue weighted by molar-refractivity contribution is 0.0955. The normalized spacial score (nSPS) is 10.7. The van der Waals surface area contributed by atoms with Gasteiger partial charge in [-0.3, -0.25) is 9.78 Å². The lowest BCUT2D eigenvalue weighted by Crippen LogP contribution is -2.17. The van der Waals surface area contributed by atoms with Crippen LogP contribution in [0.2, 0.25) is 0 Å². The molecule has 5 heteroatoms. The van der Waals surface area contributed by atoms with Crippen LogP contribution in [0.1, 0.15) is 21.5 Å². The summed E-state index contributed by atoms with van der Waals surface area (Å²) in [6.07, 6.45) is 4.91. The number of benzene rings is 3. The molecule has 1 N–H and O–H groups in total. The van der Waals surface area contributed by atoms with Crippen LogP contribution < -0.4 is 10.2 Å². The van der Waals surface area contributed by atoms with Crippen molar-refractivity contribution < 1.29 is 9.53 Å². The number of aromatic nitrogens is 1. The Labute approximate surface area is 181 Å². The van der Waals surface area contributed by atoms with Crippen LogP contribution in [-0.2, 0) is 6.61 Å². The summed E-state index contributed by atoms with van der Waals surface area (Å²) in [6.45, 7) is 0.409. The monoisotopic (exact) mass is 407 g/mol. The minimum atomic E-state index is -0.271. The first-order valence-corrected chi connectivity index (χ1v) is 9.89. The van der Waals surface area contributed by atoms with Gasteiger partial charge in [0.2, 0.25) is 0 Å². The molecule has 0 atom stereocenters. The van der Waals surface area contributed by atoms with Gasteiger partial charge in [0.15, 0.2) is 0 Å². The molecule has 3 aromatic carbocycles. The van der Waals surface area contributed by atoms with Crippen LogP contribution in [0.3, 0.4) is 0 Å². The maximum Gasteiger partial charge on any atom is 0.271 e. The molecule has 152 valence electrons. The number of hydrogen-bond acceptors (Lipinski definition) is 4. The molecule has 0 radical (unpaired) electrons. The van der Waals surface area contributed by atoms with Gasteiger partial charge in [-0.25, -0.2) is 5.43 Å². The van der Waals surface area contributed by atoms with Gasteiger partial charge in [-0.05, 0) is 47.0 Å². The fraction of sp³-hybridized carbons (Fsp3) is 0.0385. The number of nitrogens with one attached hydrogen (secondary N) is 1. The van der Waals surface area contributed by atoms with Crippen molar-refractivity contribution in [3.8, 4) is 16.9 Å². The fourth-order valence-corrected chi connectivity index (χ4v) is 3.04. The quantitative estimate of drug-likeness (QED) is 0.343. The summed E-state index contributed by atoms with van der Waals surface area (Å²) in [5, 5.41) is 3.98. The molecule has 0 spiro atoms. The van der Waals surface area contributed by atoms with Crippen molar-refractivity contribution in [2.24, 2.45) is 5.10 Å². The minimum absolute atomic E-state index is 0.271. The number of rotatable bonds is 7. The van der Waals surface area contributed by atoms with Crippen LogP contribution >= 0.6 is 0 Å². The third-order valence-electron chi connectivity index (χ3n) is 4.67. The van der Waals surface area contributed by atoms with E-state index in [4.69, 9.17) is 4.74 Å². The average Bonchev–Trinajstić information content (AvgIpc) is 2.84. The molecule has 0 aliphatic heterocycles. The number of ether oxygens (including phenoxy) is 1. The Hall–Kier alpha value is -4.25. The molecule has 0 fully saturated rings. The van der Waals surface area contributed by atoms with Gasteiger partial charge in [-0.2, -0.15) is 5.10 Å². The smallest absolute Gasteiger partial charge is 0.271 e. The lowest BCUT2D eigenvalue weighted by Gasteiger charge is -2.12. The molecule has 0 unspecified atom stereocenters. The zero-order valence-electron chi connectivity index (χ0n) is 16.8. The third-order valence-corrected chi connectivity index (χ3v) is 4.67. The van der Waals surface area contributed by atoms with Crippen LogP contribution in [0.4, 0.5) is 0 Å². The molecular weight excluding hydrogens is 386 g/mol. The summed E-state index contributed by atoms with van der Waals surface area (Å²) in [7, 11) is 0. The Morgan fingerprint density at radius 1 is 0.871 bits per heavy atom. The largest absolute Gasteiger partial charge is 0.488 e. The van der Waals surface area contributed by atoms with Gasteiger partial charge in [-0.15, -0.1) is 0 Å². The topological polar surface area (TPSA) is 63.6 Å². The molecule has 0 bridgehead atoms. The van der Waals surface area contributed by atoms with Crippen molar-refractivity contribution in [1.29, 1.82) is 0 Å². The zero-order valence-corrected chi connectivity index (χ0v) is 16.8. The van der Waals surface area contributed by atoms with Gasteiger partial charge in [0.25, 0.3) is 5.91 Å². The van der Waals surface area contributed by atoms with Gasteiger partial charge >= 0.3 is 0 Å². The number of nitrogens with zero attached hydrogens (tertiary/aromatic N) is 2. The molecule has 0 aliphatic carbocycles. The van der Waals surface area contributed by atoms with Crippen molar-refractivity contribution in [3.05, 3.63) is 120 Å². The fourth-order valence-electron chi connectivity index (χ4n) is 3.04. The summed E-state index contributed by atoms with van der Waals surface area (Å²) < 4.78 is 6.06. The molecule has 1 amide bonds. The highest BCUT2D eigenvalue weighted by Crippen LogP contribution is 2.30. The minimum Gasteiger partial charge on any atom is -0.488 e. The highest BCUT2D eigenvalue weighted by atomic mass is 16.5. The highest BCUT2D eigenvalue weighted by molar-refractivity contribution is 5.94. The maximum absolute atomic E-state index is 12.3. The van der Waals surface area contributed by atoms with Crippen LogP contribution in [0.25, 0.3) is 11.1 Å². The number of hydrogen-bond donors (Lipinski definition) is 1. The number of para-hydroxylation sites is 1. The van der Waals surface area contributed by atoms with E-state index < -0.39 is 0 Å². The highest BCUT2D eigenvalue weighted by Gasteiger charge is 2.07. The first-order valence-electron chi connectivity index (χ1n) is 9.89. The molecule has 1 aromatic heterocycles. The molecule has 0 saturated carbocycles. The molecule has 31 heavy (non-hydrogen) atoms. The molecule has 1 heterocycles. The van der Waals surface area contributed by atoms with Gasteiger partial charge in [0.1, 0.15) is 12.4 Å². The zero-order chi connectivity index (χ0) is 21.3. The van der Waals surface area contributed by atoms with Crippen molar-refractivity contribution in [1.82, 2.24) is 10.4 Å². The van der Waals surface area contributed by atoms with Gasteiger partial charge in [0, 0.05) is 23.5 Å². The first kappa shape index (κ1) is 20.0. The van der Waals surface area contributed by atoms with Gasteiger partial charge in [-0.1, -0.05) is 60.7 Å². The van der Waals surface area contributed by atoms with E-state index >= 15 is 0 Å². The Bertz CT molecular complexity index is 1160. The summed E-state index contributed by atoms with van der Waals surface area (Å²) in [5.74, 6) is 0.549. The Morgan fingerprint density at radius 2 is 1.58 bits per heavy atom. The van der Waals surface area contributed by atoms with E-state index in [1.165, 1.54) is 0 Å². The Morgan fingerprint density at radius 3 is 2.35 bits per heavy atom. The SMILES string of the molecule is O=C(N/N=C/c1ccncc1)c1ccc(COc2ccccc2-c2ccccc2)cc1. The molecule has 4 aromatic rings. The third kappa shape index (κ3) is 5.42. The van der Waals surface area contributed by atoms with Crippen molar-refractivity contribution in [3.63, 3.8) is 0 Å². The number of carbonyl (C=O) groups excluding carboxylic acids is 1. The van der Waals surface area contributed by atoms with Crippen molar-refractivity contribution >= 4 is 12.1 Å². The summed E-state index contributed by atoms with van der Waals surface area (Å²) in [4.78, 5) is 16.2. The van der Waals surface area contributed by atoms with Gasteiger partial charge < -0.3 is 4.74 Å². The summed E-state index contributed by atoms with van der Waals surface area (Å²) in [5.41, 5.74) is 7.05. The lowest BCUT2D eigenvalue weighted by atomic mass is 10.0. The van der Waals surface area contributed by atoms with E-state index in [0.717, 1.165) is 28.0 Å². The maximum atomic E-state index is 12.3. The number of amides is 1. The van der Waals surface area contributed by atoms with E-state index in [0.29, 0.717) is 12.2 Å². The summed E-state index contributed by atoms with van der Waals surface area (Å²) in [6, 6.07) is 29.0. The predicted octanol–water partition coefficient (Wildman–Crippen LogP) is 5.09. The van der Waals surface area contributed by atoms with Crippen LogP contribution in [0, 0.1) is 0 Å². The van der Waals surface area contributed by atoms with E-state index in [9.17, 15) is 4.79 Å². The molecular formula is C26H21N3O2. The standard InChI is InChI=1S/C26H21N3O2/c30-26(29-28-18-20-14-16-27-17-15-20)23-12-10-21(11-13-23)19-31-25-9-5-4-8-24(25)22-6-2-1-3-7-22/h1-18H,19H2,(H,29,30)/b28-18+. The number of hydrazone groups is 1. The molecule has 5 nitrogen and oxygen atoms in total. The Kier molecular flexibility index (Phi) is 6.45. The average molecular weight is 407 g/mol. The van der Waals surface area contributed by atoms with Gasteiger partial charge in [0.05, 0.1) is 6.21 Å². The van der Waals surface area contributed by atoms with E-state index in [1.807, 2.05) is 54.6 Å².